The van der Waals surface area contributed by atoms with Gasteiger partial charge in [-0.2, -0.15) is 0 Å². The van der Waals surface area contributed by atoms with Crippen LogP contribution in [0.4, 0.5) is 5.69 Å². The molecule has 3 N–H and O–H groups in total. The molecule has 3 aromatic rings. The zero-order valence-corrected chi connectivity index (χ0v) is 11.8. The first-order valence-corrected chi connectivity index (χ1v) is 6.80. The van der Waals surface area contributed by atoms with Gasteiger partial charge >= 0.3 is 0 Å². The van der Waals surface area contributed by atoms with Gasteiger partial charge in [0.1, 0.15) is 11.9 Å². The molecule has 0 aromatic heterocycles. The van der Waals surface area contributed by atoms with E-state index in [-0.39, 0.29) is 0 Å². The molecule has 1 atom stereocenters. The molecule has 0 aliphatic rings. The Labute approximate surface area is 123 Å². The number of hydrogen-bond acceptors (Lipinski definition) is 3. The molecule has 21 heavy (non-hydrogen) atoms. The highest BCUT2D eigenvalue weighted by Gasteiger charge is 2.14. The third kappa shape index (κ3) is 2.43. The van der Waals surface area contributed by atoms with Gasteiger partial charge in [0, 0.05) is 0 Å². The first-order valence-electron chi connectivity index (χ1n) is 6.80. The molecular formula is C18H17NO2. The Kier molecular flexibility index (Phi) is 3.50. The molecular weight excluding hydrogens is 262 g/mol. The normalized spacial score (nSPS) is 12.3. The molecule has 0 amide bonds. The lowest BCUT2D eigenvalue weighted by atomic mass is 9.95. The van der Waals surface area contributed by atoms with Crippen LogP contribution in [0.15, 0.2) is 60.7 Å². The van der Waals surface area contributed by atoms with Gasteiger partial charge in [-0.05, 0) is 34.0 Å². The summed E-state index contributed by atoms with van der Waals surface area (Å²) in [4.78, 5) is 0. The Morgan fingerprint density at radius 2 is 1.76 bits per heavy atom. The van der Waals surface area contributed by atoms with Crippen molar-refractivity contribution in [2.45, 2.75) is 6.10 Å². The maximum absolute atomic E-state index is 10.7. The fraction of sp³-hybridized carbons (Fsp3) is 0.111. The first kappa shape index (κ1) is 13.5. The van der Waals surface area contributed by atoms with Crippen LogP contribution in [0.3, 0.4) is 0 Å². The van der Waals surface area contributed by atoms with Crippen LogP contribution in [0.25, 0.3) is 10.8 Å². The summed E-state index contributed by atoms with van der Waals surface area (Å²) in [7, 11) is 1.58. The first-order chi connectivity index (χ1) is 10.2. The van der Waals surface area contributed by atoms with Crippen LogP contribution in [0, 0.1) is 0 Å². The molecule has 3 nitrogen and oxygen atoms in total. The van der Waals surface area contributed by atoms with E-state index in [1.807, 2.05) is 48.5 Å². The van der Waals surface area contributed by atoms with E-state index in [0.29, 0.717) is 11.4 Å². The zero-order valence-electron chi connectivity index (χ0n) is 11.8. The molecule has 3 rings (SSSR count). The topological polar surface area (TPSA) is 55.5 Å². The number of anilines is 1. The second-order valence-corrected chi connectivity index (χ2v) is 4.97. The summed E-state index contributed by atoms with van der Waals surface area (Å²) in [6, 6.07) is 19.3. The quantitative estimate of drug-likeness (QED) is 0.721. The van der Waals surface area contributed by atoms with Crippen molar-refractivity contribution in [1.29, 1.82) is 0 Å². The largest absolute Gasteiger partial charge is 0.495 e. The van der Waals surface area contributed by atoms with E-state index in [0.717, 1.165) is 21.9 Å². The predicted molar refractivity (Wildman–Crippen MR) is 85.4 cm³/mol. The number of fused-ring (bicyclic) bond motifs is 1. The number of hydrogen-bond donors (Lipinski definition) is 2. The van der Waals surface area contributed by atoms with Crippen LogP contribution >= 0.6 is 0 Å². The standard InChI is InChI=1S/C18H17NO2/c1-21-17-10-9-13(11-16(17)19)18(20)15-8-4-6-12-5-2-3-7-14(12)15/h2-11,18,20H,19H2,1H3. The lowest BCUT2D eigenvalue weighted by molar-refractivity contribution is 0.222. The summed E-state index contributed by atoms with van der Waals surface area (Å²) in [6.45, 7) is 0. The molecule has 0 radical (unpaired) electrons. The second kappa shape index (κ2) is 5.46. The maximum Gasteiger partial charge on any atom is 0.141 e. The Hall–Kier alpha value is -2.52. The lowest BCUT2D eigenvalue weighted by Gasteiger charge is -2.15. The number of nitrogens with two attached hydrogens (primary N) is 1. The summed E-state index contributed by atoms with van der Waals surface area (Å²) in [5.74, 6) is 0.615. The van der Waals surface area contributed by atoms with Crippen molar-refractivity contribution in [1.82, 2.24) is 0 Å². The molecule has 0 saturated carbocycles. The Balaban J connectivity index is 2.08. The summed E-state index contributed by atoms with van der Waals surface area (Å²) >= 11 is 0. The van der Waals surface area contributed by atoms with Crippen molar-refractivity contribution >= 4 is 16.5 Å². The monoisotopic (exact) mass is 279 g/mol. The number of aliphatic hydroxyl groups is 1. The number of methoxy groups -OCH3 is 1. The van der Waals surface area contributed by atoms with Crippen molar-refractivity contribution in [3.8, 4) is 5.75 Å². The highest BCUT2D eigenvalue weighted by atomic mass is 16.5. The van der Waals surface area contributed by atoms with Gasteiger partial charge in [-0.3, -0.25) is 0 Å². The van der Waals surface area contributed by atoms with E-state index in [2.05, 4.69) is 0 Å². The molecule has 0 saturated heterocycles. The van der Waals surface area contributed by atoms with Gasteiger partial charge in [-0.1, -0.05) is 48.5 Å². The van der Waals surface area contributed by atoms with Gasteiger partial charge in [-0.25, -0.2) is 0 Å². The number of nitrogen functional groups attached to an aromatic ring is 1. The molecule has 0 aliphatic heterocycles. The van der Waals surface area contributed by atoms with Crippen LogP contribution in [0.2, 0.25) is 0 Å². The van der Waals surface area contributed by atoms with Crippen LogP contribution in [-0.4, -0.2) is 12.2 Å². The molecule has 0 aliphatic carbocycles. The summed E-state index contributed by atoms with van der Waals surface area (Å²) in [5.41, 5.74) is 8.07. The molecule has 1 unspecified atom stereocenters. The highest BCUT2D eigenvalue weighted by Crippen LogP contribution is 2.32. The average molecular weight is 279 g/mol. The summed E-state index contributed by atoms with van der Waals surface area (Å²) < 4.78 is 5.15. The minimum absolute atomic E-state index is 0.522. The van der Waals surface area contributed by atoms with E-state index in [1.165, 1.54) is 0 Å². The van der Waals surface area contributed by atoms with Crippen molar-refractivity contribution in [3.63, 3.8) is 0 Å². The molecule has 0 bridgehead atoms. The number of ether oxygens (including phenoxy) is 1. The van der Waals surface area contributed by atoms with E-state index in [1.54, 1.807) is 19.2 Å². The van der Waals surface area contributed by atoms with Crippen LogP contribution in [0.5, 0.6) is 5.75 Å². The van der Waals surface area contributed by atoms with Crippen molar-refractivity contribution in [3.05, 3.63) is 71.8 Å². The van der Waals surface area contributed by atoms with Gasteiger partial charge in [0.15, 0.2) is 0 Å². The zero-order chi connectivity index (χ0) is 14.8. The van der Waals surface area contributed by atoms with E-state index >= 15 is 0 Å². The predicted octanol–water partition coefficient (Wildman–Crippen LogP) is 3.51. The smallest absolute Gasteiger partial charge is 0.141 e. The van der Waals surface area contributed by atoms with E-state index in [4.69, 9.17) is 10.5 Å². The maximum atomic E-state index is 10.7. The van der Waals surface area contributed by atoms with Crippen LogP contribution < -0.4 is 10.5 Å². The number of aliphatic hydroxyl groups excluding tert-OH is 1. The van der Waals surface area contributed by atoms with Crippen molar-refractivity contribution in [2.24, 2.45) is 0 Å². The minimum atomic E-state index is -0.718. The third-order valence-corrected chi connectivity index (χ3v) is 3.69. The van der Waals surface area contributed by atoms with E-state index < -0.39 is 6.10 Å². The molecule has 106 valence electrons. The fourth-order valence-electron chi connectivity index (χ4n) is 2.59. The fourth-order valence-corrected chi connectivity index (χ4v) is 2.59. The molecule has 0 spiro atoms. The average Bonchev–Trinajstić information content (AvgIpc) is 2.53. The summed E-state index contributed by atoms with van der Waals surface area (Å²) in [6.07, 6.45) is -0.718. The van der Waals surface area contributed by atoms with Gasteiger partial charge in [0.25, 0.3) is 0 Å². The Bertz CT molecular complexity index is 778. The molecule has 3 heteroatoms. The molecule has 3 aromatic carbocycles. The van der Waals surface area contributed by atoms with Gasteiger partial charge in [0.2, 0.25) is 0 Å². The SMILES string of the molecule is COc1ccc(C(O)c2cccc3ccccc23)cc1N. The molecule has 0 fully saturated rings. The summed E-state index contributed by atoms with van der Waals surface area (Å²) in [5, 5.41) is 12.8. The Morgan fingerprint density at radius 1 is 1.00 bits per heavy atom. The number of benzene rings is 3. The lowest BCUT2D eigenvalue weighted by Crippen LogP contribution is -2.02. The second-order valence-electron chi connectivity index (χ2n) is 4.97. The van der Waals surface area contributed by atoms with Crippen LogP contribution in [0.1, 0.15) is 17.2 Å². The van der Waals surface area contributed by atoms with E-state index in [9.17, 15) is 5.11 Å². The highest BCUT2D eigenvalue weighted by molar-refractivity contribution is 5.86. The minimum Gasteiger partial charge on any atom is -0.495 e. The van der Waals surface area contributed by atoms with Crippen molar-refractivity contribution < 1.29 is 9.84 Å². The molecule has 0 heterocycles. The van der Waals surface area contributed by atoms with Gasteiger partial charge in [-0.15, -0.1) is 0 Å². The number of rotatable bonds is 3. The van der Waals surface area contributed by atoms with Crippen LogP contribution in [-0.2, 0) is 0 Å². The van der Waals surface area contributed by atoms with Gasteiger partial charge in [0.05, 0.1) is 12.8 Å². The Morgan fingerprint density at radius 3 is 2.52 bits per heavy atom. The third-order valence-electron chi connectivity index (χ3n) is 3.69. The van der Waals surface area contributed by atoms with Crippen molar-refractivity contribution in [2.75, 3.05) is 12.8 Å². The van der Waals surface area contributed by atoms with Gasteiger partial charge < -0.3 is 15.6 Å².